The maximum absolute atomic E-state index is 12.2. The van der Waals surface area contributed by atoms with Gasteiger partial charge in [-0.25, -0.2) is 4.98 Å². The van der Waals surface area contributed by atoms with Crippen molar-refractivity contribution in [3.63, 3.8) is 0 Å². The number of nitrogens with zero attached hydrogens (tertiary/aromatic N) is 1. The second-order valence-electron chi connectivity index (χ2n) is 6.14. The molecular weight excluding hydrogens is 372 g/mol. The van der Waals surface area contributed by atoms with Gasteiger partial charge in [0.25, 0.3) is 0 Å². The molecule has 5 nitrogen and oxygen atoms in total. The topological polar surface area (TPSA) is 68.3 Å². The van der Waals surface area contributed by atoms with Crippen LogP contribution in [0.25, 0.3) is 6.08 Å². The van der Waals surface area contributed by atoms with Crippen LogP contribution in [-0.4, -0.2) is 16.7 Å². The Morgan fingerprint density at radius 3 is 2.75 bits per heavy atom. The van der Waals surface area contributed by atoms with Crippen LogP contribution in [0.15, 0.2) is 60.0 Å². The minimum Gasteiger partial charge on any atom is -0.487 e. The molecule has 3 aromatic rings. The summed E-state index contributed by atoms with van der Waals surface area (Å²) < 4.78 is 5.76. The molecule has 0 bridgehead atoms. The van der Waals surface area contributed by atoms with E-state index in [2.05, 4.69) is 10.3 Å². The number of anilines is 1. The number of Topliss-reactive ketones (excluding diaryl/α,β-unsaturated/α-hetero) is 1. The second kappa shape index (κ2) is 9.10. The van der Waals surface area contributed by atoms with E-state index in [0.29, 0.717) is 23.6 Å². The van der Waals surface area contributed by atoms with Crippen LogP contribution < -0.4 is 10.1 Å². The van der Waals surface area contributed by atoms with Crippen molar-refractivity contribution in [3.8, 4) is 5.75 Å². The van der Waals surface area contributed by atoms with E-state index < -0.39 is 0 Å². The zero-order chi connectivity index (χ0) is 19.9. The van der Waals surface area contributed by atoms with Gasteiger partial charge in [0.05, 0.1) is 16.4 Å². The first-order valence-corrected chi connectivity index (χ1v) is 9.62. The van der Waals surface area contributed by atoms with Gasteiger partial charge in [-0.05, 0) is 49.8 Å². The molecule has 0 aliphatic rings. The summed E-state index contributed by atoms with van der Waals surface area (Å²) in [5, 5.41) is 5.72. The molecule has 28 heavy (non-hydrogen) atoms. The van der Waals surface area contributed by atoms with Crippen molar-refractivity contribution in [3.05, 3.63) is 81.8 Å². The summed E-state index contributed by atoms with van der Waals surface area (Å²) >= 11 is 1.59. The van der Waals surface area contributed by atoms with Crippen molar-refractivity contribution in [2.75, 3.05) is 5.32 Å². The summed E-state index contributed by atoms with van der Waals surface area (Å²) in [7, 11) is 0. The Bertz CT molecular complexity index is 1020. The molecular formula is C22H20N2O3S. The summed E-state index contributed by atoms with van der Waals surface area (Å²) in [5.41, 5.74) is 2.71. The third-order valence-corrected chi connectivity index (χ3v) is 4.73. The lowest BCUT2D eigenvalue weighted by molar-refractivity contribution is -0.111. The summed E-state index contributed by atoms with van der Waals surface area (Å²) in [6.07, 6.45) is 3.13. The highest BCUT2D eigenvalue weighted by molar-refractivity contribution is 7.09. The van der Waals surface area contributed by atoms with E-state index in [4.69, 9.17) is 4.74 Å². The van der Waals surface area contributed by atoms with E-state index in [1.807, 2.05) is 36.6 Å². The van der Waals surface area contributed by atoms with Crippen molar-refractivity contribution in [2.45, 2.75) is 20.5 Å². The Balaban J connectivity index is 1.62. The van der Waals surface area contributed by atoms with Gasteiger partial charge in [0.2, 0.25) is 5.91 Å². The summed E-state index contributed by atoms with van der Waals surface area (Å²) in [6.45, 7) is 3.83. The second-order valence-corrected chi connectivity index (χ2v) is 7.21. The molecule has 0 saturated heterocycles. The van der Waals surface area contributed by atoms with Crippen LogP contribution >= 0.6 is 11.3 Å². The SMILES string of the molecule is CC(=O)c1ccccc1NC(=O)/C=C/c1cccc(OCc2csc(C)n2)c1. The molecule has 0 unspecified atom stereocenters. The van der Waals surface area contributed by atoms with Crippen molar-refractivity contribution in [1.82, 2.24) is 4.98 Å². The molecule has 1 N–H and O–H groups in total. The van der Waals surface area contributed by atoms with Crippen LogP contribution in [0.3, 0.4) is 0 Å². The molecule has 3 rings (SSSR count). The molecule has 0 aliphatic heterocycles. The van der Waals surface area contributed by atoms with Crippen LogP contribution in [0.2, 0.25) is 0 Å². The quantitative estimate of drug-likeness (QED) is 0.459. The van der Waals surface area contributed by atoms with Gasteiger partial charge in [-0.15, -0.1) is 11.3 Å². The van der Waals surface area contributed by atoms with Crippen LogP contribution in [0.4, 0.5) is 5.69 Å². The number of ether oxygens (including phenoxy) is 1. The molecule has 0 aliphatic carbocycles. The number of carbonyl (C=O) groups excluding carboxylic acids is 2. The van der Waals surface area contributed by atoms with Gasteiger partial charge in [0.1, 0.15) is 12.4 Å². The smallest absolute Gasteiger partial charge is 0.248 e. The maximum atomic E-state index is 12.2. The Morgan fingerprint density at radius 1 is 1.18 bits per heavy atom. The van der Waals surface area contributed by atoms with Gasteiger partial charge in [0.15, 0.2) is 5.78 Å². The number of ketones is 1. The van der Waals surface area contributed by atoms with Gasteiger partial charge in [-0.3, -0.25) is 9.59 Å². The van der Waals surface area contributed by atoms with Crippen LogP contribution in [0.1, 0.15) is 33.5 Å². The van der Waals surface area contributed by atoms with Crippen LogP contribution in [0, 0.1) is 6.92 Å². The van der Waals surface area contributed by atoms with Gasteiger partial charge < -0.3 is 10.1 Å². The fourth-order valence-corrected chi connectivity index (χ4v) is 3.18. The molecule has 1 amide bonds. The molecule has 1 heterocycles. The van der Waals surface area contributed by atoms with Crippen molar-refractivity contribution in [1.29, 1.82) is 0 Å². The summed E-state index contributed by atoms with van der Waals surface area (Å²) in [6, 6.07) is 14.4. The Kier molecular flexibility index (Phi) is 6.34. The van der Waals surface area contributed by atoms with Gasteiger partial charge in [-0.2, -0.15) is 0 Å². The Morgan fingerprint density at radius 2 is 2.00 bits per heavy atom. The lowest BCUT2D eigenvalue weighted by Crippen LogP contribution is -2.11. The number of hydrogen-bond donors (Lipinski definition) is 1. The normalized spacial score (nSPS) is 10.8. The maximum Gasteiger partial charge on any atom is 0.248 e. The largest absolute Gasteiger partial charge is 0.487 e. The number of aryl methyl sites for hydroxylation is 1. The van der Waals surface area contributed by atoms with Gasteiger partial charge >= 0.3 is 0 Å². The van der Waals surface area contributed by atoms with Crippen LogP contribution in [-0.2, 0) is 11.4 Å². The first kappa shape index (κ1) is 19.5. The van der Waals surface area contributed by atoms with Gasteiger partial charge in [0, 0.05) is 17.0 Å². The molecule has 2 aromatic carbocycles. The van der Waals surface area contributed by atoms with E-state index in [0.717, 1.165) is 16.3 Å². The number of carbonyl (C=O) groups is 2. The fourth-order valence-electron chi connectivity index (χ4n) is 2.59. The number of rotatable bonds is 7. The highest BCUT2D eigenvalue weighted by Gasteiger charge is 2.07. The number of thiazole rings is 1. The Hall–Kier alpha value is -3.25. The van der Waals surface area contributed by atoms with Crippen LogP contribution in [0.5, 0.6) is 5.75 Å². The number of amides is 1. The predicted molar refractivity (Wildman–Crippen MR) is 112 cm³/mol. The molecule has 142 valence electrons. The van der Waals surface area contributed by atoms with E-state index in [9.17, 15) is 9.59 Å². The Labute approximate surface area is 167 Å². The highest BCUT2D eigenvalue weighted by atomic mass is 32.1. The molecule has 6 heteroatoms. The number of nitrogens with one attached hydrogen (secondary N) is 1. The number of para-hydroxylation sites is 1. The molecule has 0 saturated carbocycles. The van der Waals surface area contributed by atoms with Crippen molar-refractivity contribution < 1.29 is 14.3 Å². The average molecular weight is 392 g/mol. The molecule has 0 radical (unpaired) electrons. The first-order chi connectivity index (χ1) is 13.5. The molecule has 0 fully saturated rings. The number of hydrogen-bond acceptors (Lipinski definition) is 5. The van der Waals surface area contributed by atoms with E-state index in [1.165, 1.54) is 13.0 Å². The number of benzene rings is 2. The predicted octanol–water partition coefficient (Wildman–Crippen LogP) is 4.89. The lowest BCUT2D eigenvalue weighted by atomic mass is 10.1. The molecule has 0 atom stereocenters. The fraction of sp³-hybridized carbons (Fsp3) is 0.136. The summed E-state index contributed by atoms with van der Waals surface area (Å²) in [4.78, 5) is 28.2. The number of aromatic nitrogens is 1. The van der Waals surface area contributed by atoms with E-state index >= 15 is 0 Å². The molecule has 0 spiro atoms. The zero-order valence-corrected chi connectivity index (χ0v) is 16.5. The lowest BCUT2D eigenvalue weighted by Gasteiger charge is -2.07. The standard InChI is InChI=1S/C22H20N2O3S/c1-15(25)20-8-3-4-9-21(20)24-22(26)11-10-17-6-5-7-19(12-17)27-13-18-14-28-16(2)23-18/h3-12,14H,13H2,1-2H3,(H,24,26)/b11-10+. The average Bonchev–Trinajstić information content (AvgIpc) is 3.11. The van der Waals surface area contributed by atoms with E-state index in [-0.39, 0.29) is 11.7 Å². The minimum absolute atomic E-state index is 0.0972. The zero-order valence-electron chi connectivity index (χ0n) is 15.6. The third kappa shape index (κ3) is 5.37. The van der Waals surface area contributed by atoms with Gasteiger partial charge in [-0.1, -0.05) is 24.3 Å². The first-order valence-electron chi connectivity index (χ1n) is 8.74. The highest BCUT2D eigenvalue weighted by Crippen LogP contribution is 2.18. The summed E-state index contributed by atoms with van der Waals surface area (Å²) in [5.74, 6) is 0.299. The van der Waals surface area contributed by atoms with E-state index in [1.54, 1.807) is 41.7 Å². The third-order valence-electron chi connectivity index (χ3n) is 3.90. The van der Waals surface area contributed by atoms with Crippen molar-refractivity contribution in [2.24, 2.45) is 0 Å². The van der Waals surface area contributed by atoms with Crippen molar-refractivity contribution >= 4 is 34.8 Å². The minimum atomic E-state index is -0.307. The monoisotopic (exact) mass is 392 g/mol. The molecule has 1 aromatic heterocycles.